The number of carbonyl (C=O) groups excluding carboxylic acids is 2. The topological polar surface area (TPSA) is 242 Å². The SMILES string of the molecule is COC1C=CC2CC3NC4(CCC(CC#CC5CC6(CN7C(=O)C68C(CO)CCCC8CSSC(O)C68CC(O)C(O)(CO)C9(CCCC9)C6(C)C6CC9%10C=CCC(O)(C%11OC%11C(C)C(C)C)C%11CCC(OCC9)(C6=CC8=O)C%11%10CCc6cc(O)cc7c6)C(O)C53)C4)C2C1. The van der Waals surface area contributed by atoms with Crippen molar-refractivity contribution in [1.29, 1.82) is 0 Å². The zero-order valence-electron chi connectivity index (χ0n) is 56.0. The Bertz CT molecular complexity index is 3440. The van der Waals surface area contributed by atoms with Gasteiger partial charge in [-0.1, -0.05) is 98.8 Å². The van der Waals surface area contributed by atoms with Crippen molar-refractivity contribution in [2.45, 2.75) is 233 Å². The normalized spacial score (nSPS) is 52.6. The lowest BCUT2D eigenvalue weighted by atomic mass is 9.29. The summed E-state index contributed by atoms with van der Waals surface area (Å²) in [4.78, 5) is 36.0. The Labute approximate surface area is 563 Å². The summed E-state index contributed by atoms with van der Waals surface area (Å²) in [5, 5.41) is 110. The molecule has 4 saturated heterocycles. The van der Waals surface area contributed by atoms with E-state index in [1.165, 1.54) is 21.6 Å². The second-order valence-electron chi connectivity index (χ2n) is 34.6. The number of benzene rings is 1. The number of piperidine rings is 1. The van der Waals surface area contributed by atoms with Gasteiger partial charge in [0.2, 0.25) is 5.91 Å². The maximum Gasteiger partial charge on any atom is 0.234 e. The molecule has 94 heavy (non-hydrogen) atoms. The van der Waals surface area contributed by atoms with Crippen LogP contribution in [0.2, 0.25) is 0 Å². The number of aliphatic hydroxyl groups excluding tert-OH is 5. The lowest BCUT2D eigenvalue weighted by Gasteiger charge is -2.76. The van der Waals surface area contributed by atoms with Gasteiger partial charge in [0.15, 0.2) is 5.78 Å². The van der Waals surface area contributed by atoms with Gasteiger partial charge < -0.3 is 65.3 Å². The first-order valence-corrected chi connectivity index (χ1v) is 39.3. The van der Waals surface area contributed by atoms with Crippen LogP contribution in [-0.4, -0.2) is 156 Å². The Kier molecular flexibility index (Phi) is 15.0. The molecule has 15 nitrogen and oxygen atoms in total. The molecule has 13 bridgehead atoms. The molecule has 18 aliphatic rings. The minimum Gasteiger partial charge on any atom is -0.508 e. The minimum absolute atomic E-state index is 0.0100. The number of nitrogens with zero attached hydrogens (tertiary/aromatic N) is 1. The Morgan fingerprint density at radius 2 is 1.73 bits per heavy atom. The zero-order chi connectivity index (χ0) is 65.3. The number of hydrogen-bond acceptors (Lipinski definition) is 16. The third-order valence-corrected chi connectivity index (χ3v) is 34.7. The van der Waals surface area contributed by atoms with Crippen LogP contribution in [0.5, 0.6) is 5.75 Å². The number of aliphatic hydroxyl groups is 7. The second-order valence-corrected chi connectivity index (χ2v) is 37.1. The van der Waals surface area contributed by atoms with E-state index in [0.29, 0.717) is 126 Å². The predicted molar refractivity (Wildman–Crippen MR) is 358 cm³/mol. The number of nitrogens with one attached hydrogen (secondary N) is 1. The van der Waals surface area contributed by atoms with Crippen molar-refractivity contribution in [3.05, 3.63) is 59.7 Å². The molecule has 8 heterocycles. The van der Waals surface area contributed by atoms with Crippen molar-refractivity contribution in [1.82, 2.24) is 5.32 Å². The number of carbonyl (C=O) groups is 2. The third kappa shape index (κ3) is 7.80. The molecule has 8 aliphatic heterocycles. The van der Waals surface area contributed by atoms with Crippen LogP contribution < -0.4 is 10.2 Å². The molecule has 0 aromatic heterocycles. The van der Waals surface area contributed by atoms with Gasteiger partial charge in [0.1, 0.15) is 28.5 Å². The molecule has 6 spiro atoms. The first kappa shape index (κ1) is 64.6. The van der Waals surface area contributed by atoms with Crippen molar-refractivity contribution < 1.29 is 64.7 Å². The lowest BCUT2D eigenvalue weighted by Crippen LogP contribution is -2.81. The number of rotatable bonds is 6. The first-order chi connectivity index (χ1) is 45.0. The van der Waals surface area contributed by atoms with Crippen LogP contribution in [0.4, 0.5) is 5.69 Å². The Hall–Kier alpha value is -2.80. The smallest absolute Gasteiger partial charge is 0.234 e. The van der Waals surface area contributed by atoms with Crippen molar-refractivity contribution in [2.75, 3.05) is 44.1 Å². The molecule has 1 aromatic rings. The van der Waals surface area contributed by atoms with Gasteiger partial charge in [-0.05, 0) is 198 Å². The molecule has 27 atom stereocenters. The highest BCUT2D eigenvalue weighted by atomic mass is 33.1. The molecule has 1 aromatic carbocycles. The highest BCUT2D eigenvalue weighted by Crippen LogP contribution is 2.85. The average Bonchev–Trinajstić information content (AvgIpc) is 1.16. The van der Waals surface area contributed by atoms with Gasteiger partial charge in [-0.15, -0.1) is 5.92 Å². The van der Waals surface area contributed by atoms with Crippen molar-refractivity contribution in [2.24, 2.45) is 103 Å². The van der Waals surface area contributed by atoms with Crippen molar-refractivity contribution in [3.8, 4) is 17.6 Å². The van der Waals surface area contributed by atoms with Crippen LogP contribution >= 0.6 is 21.6 Å². The number of aryl methyl sites for hydroxylation is 1. The standard InChI is InChI=1S/C77H104N2O13S2/c1-43(2)44(3)62-64(92-62)73(88)23-10-20-68-27-28-91-76-26-19-58(73)74(68,76)25-18-46-29-51(32-52(82)30-46)79-41-69(36-48-12-8-11-45-17-24-70(35-45)54-33-53(90-5)16-15-47(54)31-57(78-70)61(48)63(69)85)77(65(79)86)49(39-80)13-9-14-50(77)40-93-94-66(87)72-38-60(84)75(89,42-81)71(21-6-7-22-71)67(72,4)56(37-68)55(76)34-59(72)83/h10,15-16,20,29-30,32,34,43-45,47-50,53-54,56-58,60-64,66,78,80-82,84-85,87-89H,6-7,9,11,13-14,17-19,21-28,31,33,35-42H2,1-5H3. The number of hydrogen-bond donors (Lipinski definition) is 9. The van der Waals surface area contributed by atoms with Crippen LogP contribution in [-0.2, 0) is 30.2 Å². The maximum absolute atomic E-state index is 17.2. The Balaban J connectivity index is 0.862. The number of fused-ring (bicyclic) bond motifs is 6. The number of methoxy groups -OCH3 is 1. The highest BCUT2D eigenvalue weighted by molar-refractivity contribution is 8.76. The van der Waals surface area contributed by atoms with Crippen LogP contribution in [0.1, 0.15) is 168 Å². The molecular weight excluding hydrogens is 1220 g/mol. The third-order valence-electron chi connectivity index (χ3n) is 32.1. The largest absolute Gasteiger partial charge is 0.508 e. The number of amides is 1. The van der Waals surface area contributed by atoms with E-state index in [4.69, 9.17) is 14.2 Å². The molecule has 19 rings (SSSR count). The summed E-state index contributed by atoms with van der Waals surface area (Å²) >= 11 is 0. The fourth-order valence-electron chi connectivity index (χ4n) is 28.0. The summed E-state index contributed by atoms with van der Waals surface area (Å²) in [7, 11) is 4.46. The predicted octanol–water partition coefficient (Wildman–Crippen LogP) is 9.14. The second kappa shape index (κ2) is 21.9. The number of anilines is 1. The first-order valence-electron chi connectivity index (χ1n) is 36.9. The van der Waals surface area contributed by atoms with Crippen LogP contribution in [0, 0.1) is 115 Å². The van der Waals surface area contributed by atoms with Crippen molar-refractivity contribution >= 4 is 39.0 Å². The minimum atomic E-state index is -2.03. The molecule has 17 heteroatoms. The lowest BCUT2D eigenvalue weighted by molar-refractivity contribution is -0.321. The number of epoxide rings is 1. The summed E-state index contributed by atoms with van der Waals surface area (Å²) in [5.74, 6) is 6.50. The fourth-order valence-corrected chi connectivity index (χ4v) is 31.0. The van der Waals surface area contributed by atoms with Crippen LogP contribution in [0.3, 0.4) is 0 Å². The van der Waals surface area contributed by atoms with Gasteiger partial charge >= 0.3 is 0 Å². The number of allylic oxidation sites excluding steroid dienone is 3. The van der Waals surface area contributed by atoms with E-state index in [1.807, 2.05) is 17.0 Å². The maximum atomic E-state index is 17.2. The summed E-state index contributed by atoms with van der Waals surface area (Å²) in [6, 6.07) is 5.50. The monoisotopic (exact) mass is 1330 g/mol. The molecule has 512 valence electrons. The zero-order valence-corrected chi connectivity index (χ0v) is 57.6. The summed E-state index contributed by atoms with van der Waals surface area (Å²) in [6.07, 6.45) is 21.2. The number of aromatic hydroxyl groups is 1. The molecule has 9 N–H and O–H groups in total. The summed E-state index contributed by atoms with van der Waals surface area (Å²) in [5.41, 5.74) is -12.2. The number of phenols is 1. The number of ether oxygens (including phenoxy) is 3. The van der Waals surface area contributed by atoms with Gasteiger partial charge in [0.05, 0.1) is 47.5 Å². The number of phenolic OH excluding ortho intramolecular Hbond substituents is 1. The average molecular weight is 1330 g/mol. The molecule has 1 amide bonds. The van der Waals surface area contributed by atoms with Gasteiger partial charge in [-0.25, -0.2) is 0 Å². The molecular formula is C77H104N2O13S2. The Morgan fingerprint density at radius 3 is 2.51 bits per heavy atom. The van der Waals surface area contributed by atoms with Gasteiger partial charge in [0.25, 0.3) is 0 Å². The molecule has 27 unspecified atom stereocenters. The van der Waals surface area contributed by atoms with E-state index in [2.05, 4.69) is 75.2 Å². The van der Waals surface area contributed by atoms with E-state index in [-0.39, 0.29) is 84.5 Å². The fraction of sp³-hybridized carbons (Fsp3) is 0.792. The van der Waals surface area contributed by atoms with Gasteiger partial charge in [0, 0.05) is 102 Å². The van der Waals surface area contributed by atoms with E-state index < -0.39 is 109 Å². The van der Waals surface area contributed by atoms with Gasteiger partial charge in [-0.3, -0.25) is 9.59 Å². The van der Waals surface area contributed by atoms with E-state index in [9.17, 15) is 40.9 Å². The quantitative estimate of drug-likeness (QED) is 0.0558. The van der Waals surface area contributed by atoms with E-state index >= 15 is 9.59 Å². The highest BCUT2D eigenvalue weighted by Gasteiger charge is 2.87. The van der Waals surface area contributed by atoms with Gasteiger partial charge in [-0.2, -0.15) is 0 Å². The Morgan fingerprint density at radius 1 is 0.915 bits per heavy atom. The van der Waals surface area contributed by atoms with Crippen molar-refractivity contribution in [3.63, 3.8) is 0 Å². The van der Waals surface area contributed by atoms with E-state index in [0.717, 1.165) is 56.1 Å². The summed E-state index contributed by atoms with van der Waals surface area (Å²) in [6.45, 7) is 8.30. The molecule has 7 saturated carbocycles. The molecule has 0 radical (unpaired) electrons. The molecule has 10 aliphatic carbocycles. The van der Waals surface area contributed by atoms with Crippen LogP contribution in [0.25, 0.3) is 0 Å². The van der Waals surface area contributed by atoms with Crippen LogP contribution in [0.15, 0.2) is 54.2 Å². The van der Waals surface area contributed by atoms with E-state index in [1.54, 1.807) is 13.2 Å². The summed E-state index contributed by atoms with van der Waals surface area (Å²) < 4.78 is 20.5. The molecule has 11 fully saturated rings. The number of ketones is 1.